The number of phosphoric ester groups is 1. The predicted molar refractivity (Wildman–Crippen MR) is 192 cm³/mol. The molecule has 0 aromatic carbocycles. The van der Waals surface area contributed by atoms with Crippen molar-refractivity contribution in [3.63, 3.8) is 0 Å². The maximum Gasteiger partial charge on any atom is 0.472 e. The highest BCUT2D eigenvalue weighted by Crippen LogP contribution is 2.43. The van der Waals surface area contributed by atoms with Gasteiger partial charge in [-0.1, -0.05) is 128 Å². The van der Waals surface area contributed by atoms with Crippen molar-refractivity contribution in [1.29, 1.82) is 0 Å². The monoisotopic (exact) mass is 687 g/mol. The van der Waals surface area contributed by atoms with Gasteiger partial charge in [0, 0.05) is 19.4 Å². The molecule has 276 valence electrons. The number of allylic oxidation sites excluding steroid dienone is 4. The minimum atomic E-state index is -4.37. The summed E-state index contributed by atoms with van der Waals surface area (Å²) in [5.74, 6) is -0.843. The molecule has 1 unspecified atom stereocenters. The third-order valence-corrected chi connectivity index (χ3v) is 8.79. The Morgan fingerprint density at radius 1 is 0.617 bits per heavy atom. The van der Waals surface area contributed by atoms with E-state index in [1.165, 1.54) is 77.0 Å². The quantitative estimate of drug-likeness (QED) is 0.0289. The summed E-state index contributed by atoms with van der Waals surface area (Å²) in [5, 5.41) is 0. The van der Waals surface area contributed by atoms with Crippen LogP contribution in [0.2, 0.25) is 0 Å². The highest BCUT2D eigenvalue weighted by molar-refractivity contribution is 7.47. The largest absolute Gasteiger partial charge is 0.472 e. The fraction of sp³-hybridized carbons (Fsp3) is 0.838. The van der Waals surface area contributed by atoms with Crippen molar-refractivity contribution in [1.82, 2.24) is 0 Å². The molecule has 0 aromatic rings. The summed E-state index contributed by atoms with van der Waals surface area (Å²) < 4.78 is 32.6. The van der Waals surface area contributed by atoms with Crippen molar-refractivity contribution < 1.29 is 37.6 Å². The van der Waals surface area contributed by atoms with E-state index in [1.54, 1.807) is 0 Å². The van der Waals surface area contributed by atoms with Crippen LogP contribution in [0.1, 0.15) is 168 Å². The molecule has 0 aliphatic rings. The van der Waals surface area contributed by atoms with E-state index < -0.39 is 26.5 Å². The molecule has 0 saturated heterocycles. The van der Waals surface area contributed by atoms with Crippen molar-refractivity contribution >= 4 is 19.8 Å². The van der Waals surface area contributed by atoms with E-state index in [4.69, 9.17) is 24.3 Å². The Hall–Kier alpha value is -1.51. The first-order chi connectivity index (χ1) is 22.8. The number of carbonyl (C=O) groups is 2. The van der Waals surface area contributed by atoms with Crippen LogP contribution in [0.5, 0.6) is 0 Å². The summed E-state index contributed by atoms with van der Waals surface area (Å²) in [7, 11) is -4.37. The molecular weight excluding hydrogens is 617 g/mol. The maximum atomic E-state index is 12.5. The van der Waals surface area contributed by atoms with E-state index >= 15 is 0 Å². The number of phosphoric acid groups is 1. The minimum absolute atomic E-state index is 0.0525. The molecular formula is C37H70NO8P. The normalized spacial score (nSPS) is 13.7. The summed E-state index contributed by atoms with van der Waals surface area (Å²) in [6, 6.07) is 0. The van der Waals surface area contributed by atoms with Crippen LogP contribution in [0.3, 0.4) is 0 Å². The molecule has 0 radical (unpaired) electrons. The van der Waals surface area contributed by atoms with Crippen LogP contribution < -0.4 is 5.73 Å². The number of ether oxygens (including phenoxy) is 2. The predicted octanol–water partition coefficient (Wildman–Crippen LogP) is 10.0. The molecule has 9 nitrogen and oxygen atoms in total. The number of rotatable bonds is 35. The molecule has 0 bridgehead atoms. The molecule has 0 rings (SSSR count). The second-order valence-corrected chi connectivity index (χ2v) is 13.9. The van der Waals surface area contributed by atoms with Crippen molar-refractivity contribution in [2.45, 2.75) is 174 Å². The summed E-state index contributed by atoms with van der Waals surface area (Å²) in [4.78, 5) is 34.6. The number of hydrogen-bond acceptors (Lipinski definition) is 8. The highest BCUT2D eigenvalue weighted by atomic mass is 31.2. The second-order valence-electron chi connectivity index (χ2n) is 12.4. The van der Waals surface area contributed by atoms with Crippen molar-refractivity contribution in [2.75, 3.05) is 26.4 Å². The van der Waals surface area contributed by atoms with Crippen molar-refractivity contribution in [3.05, 3.63) is 24.3 Å². The summed E-state index contributed by atoms with van der Waals surface area (Å²) in [6.45, 7) is 3.64. The van der Waals surface area contributed by atoms with Gasteiger partial charge in [-0.2, -0.15) is 0 Å². The maximum absolute atomic E-state index is 12.5. The van der Waals surface area contributed by atoms with Gasteiger partial charge in [0.15, 0.2) is 6.10 Å². The zero-order valence-corrected chi connectivity index (χ0v) is 30.9. The van der Waals surface area contributed by atoms with Crippen molar-refractivity contribution in [2.24, 2.45) is 5.73 Å². The van der Waals surface area contributed by atoms with Crippen molar-refractivity contribution in [3.8, 4) is 0 Å². The molecule has 0 heterocycles. The molecule has 2 atom stereocenters. The Balaban J connectivity index is 4.21. The van der Waals surface area contributed by atoms with Gasteiger partial charge in [0.2, 0.25) is 0 Å². The van der Waals surface area contributed by atoms with Crippen LogP contribution in [-0.4, -0.2) is 49.3 Å². The van der Waals surface area contributed by atoms with Gasteiger partial charge < -0.3 is 20.1 Å². The fourth-order valence-corrected chi connectivity index (χ4v) is 5.71. The van der Waals surface area contributed by atoms with Gasteiger partial charge in [-0.3, -0.25) is 18.6 Å². The van der Waals surface area contributed by atoms with Gasteiger partial charge in [0.25, 0.3) is 0 Å². The smallest absolute Gasteiger partial charge is 0.462 e. The first kappa shape index (κ1) is 45.5. The minimum Gasteiger partial charge on any atom is -0.462 e. The van der Waals surface area contributed by atoms with Crippen LogP contribution in [0, 0.1) is 0 Å². The van der Waals surface area contributed by atoms with E-state index in [0.29, 0.717) is 6.42 Å². The SMILES string of the molecule is CCCC/C=C/CCCCCCCCCCCC(=O)OC[C@H](COP(=O)(O)OCCN)OC(=O)CCCCCCC/C=C/CCCC. The molecule has 0 amide bonds. The molecule has 0 aliphatic heterocycles. The van der Waals surface area contributed by atoms with Gasteiger partial charge in [0.05, 0.1) is 13.2 Å². The topological polar surface area (TPSA) is 134 Å². The molecule has 0 fully saturated rings. The molecule has 0 aromatic heterocycles. The zero-order valence-electron chi connectivity index (χ0n) is 30.0. The lowest BCUT2D eigenvalue weighted by atomic mass is 10.1. The zero-order chi connectivity index (χ0) is 34.7. The van der Waals surface area contributed by atoms with E-state index in [0.717, 1.165) is 57.8 Å². The average Bonchev–Trinajstić information content (AvgIpc) is 3.05. The lowest BCUT2D eigenvalue weighted by molar-refractivity contribution is -0.161. The molecule has 10 heteroatoms. The van der Waals surface area contributed by atoms with Crippen LogP contribution in [-0.2, 0) is 32.7 Å². The first-order valence-electron chi connectivity index (χ1n) is 18.8. The Bertz CT molecular complexity index is 835. The molecule has 0 aliphatic carbocycles. The van der Waals surface area contributed by atoms with E-state index in [2.05, 4.69) is 38.2 Å². The fourth-order valence-electron chi connectivity index (χ4n) is 4.95. The van der Waals surface area contributed by atoms with Gasteiger partial charge in [0.1, 0.15) is 6.61 Å². The number of hydrogen-bond donors (Lipinski definition) is 2. The van der Waals surface area contributed by atoms with Crippen LogP contribution >= 0.6 is 7.82 Å². The van der Waals surface area contributed by atoms with Gasteiger partial charge in [-0.15, -0.1) is 0 Å². The Morgan fingerprint density at radius 2 is 1.04 bits per heavy atom. The molecule has 47 heavy (non-hydrogen) atoms. The van der Waals surface area contributed by atoms with E-state index in [-0.39, 0.29) is 38.6 Å². The Kier molecular flexibility index (Phi) is 33.3. The van der Waals surface area contributed by atoms with Gasteiger partial charge in [-0.25, -0.2) is 4.57 Å². The number of unbranched alkanes of at least 4 members (excludes halogenated alkanes) is 18. The lowest BCUT2D eigenvalue weighted by Gasteiger charge is -2.19. The molecule has 0 spiro atoms. The standard InChI is InChI=1S/C37H70NO8P/c1-3-5-7-9-11-13-15-16-17-18-20-21-23-25-27-29-36(39)43-33-35(34-45-47(41,42)44-32-31-38)46-37(40)30-28-26-24-22-19-14-12-10-8-6-4-2/h9-12,35H,3-8,13-34,38H2,1-2H3,(H,41,42)/b11-9+,12-10+/t35-/m1/s1. The summed E-state index contributed by atoms with van der Waals surface area (Å²) in [5.41, 5.74) is 5.32. The van der Waals surface area contributed by atoms with E-state index in [9.17, 15) is 19.0 Å². The Labute approximate surface area is 287 Å². The van der Waals surface area contributed by atoms with Gasteiger partial charge in [-0.05, 0) is 51.4 Å². The number of carbonyl (C=O) groups excluding carboxylic acids is 2. The molecule has 3 N–H and O–H groups in total. The van der Waals surface area contributed by atoms with Crippen LogP contribution in [0.15, 0.2) is 24.3 Å². The average molecular weight is 688 g/mol. The van der Waals surface area contributed by atoms with Crippen LogP contribution in [0.25, 0.3) is 0 Å². The lowest BCUT2D eigenvalue weighted by Crippen LogP contribution is -2.29. The number of nitrogens with two attached hydrogens (primary N) is 1. The first-order valence-corrected chi connectivity index (χ1v) is 20.3. The van der Waals surface area contributed by atoms with Gasteiger partial charge >= 0.3 is 19.8 Å². The molecule has 0 saturated carbocycles. The summed E-state index contributed by atoms with van der Waals surface area (Å²) in [6.07, 6.45) is 33.5. The van der Waals surface area contributed by atoms with E-state index in [1.807, 2.05) is 0 Å². The second kappa shape index (κ2) is 34.4. The highest BCUT2D eigenvalue weighted by Gasteiger charge is 2.25. The third kappa shape index (κ3) is 34.2. The third-order valence-electron chi connectivity index (χ3n) is 7.81. The Morgan fingerprint density at radius 3 is 1.51 bits per heavy atom. The summed E-state index contributed by atoms with van der Waals surface area (Å²) >= 11 is 0. The van der Waals surface area contributed by atoms with Crippen LogP contribution in [0.4, 0.5) is 0 Å². The number of esters is 2.